The maximum atomic E-state index is 13.1. The second-order valence-corrected chi connectivity index (χ2v) is 6.33. The molecule has 0 saturated carbocycles. The molecule has 4 nitrogen and oxygen atoms in total. The number of nitrogens with zero attached hydrogens (tertiary/aromatic N) is 1. The first-order valence-electron chi connectivity index (χ1n) is 8.61. The lowest BCUT2D eigenvalue weighted by molar-refractivity contribution is 0.0691. The van der Waals surface area contributed by atoms with Crippen molar-refractivity contribution in [1.29, 1.82) is 0 Å². The summed E-state index contributed by atoms with van der Waals surface area (Å²) in [7, 11) is 0. The van der Waals surface area contributed by atoms with Gasteiger partial charge in [0.25, 0.3) is 5.91 Å². The number of aromatic amines is 1. The lowest BCUT2D eigenvalue weighted by Crippen LogP contribution is -2.40. The molecule has 2 heterocycles. The Hall–Kier alpha value is -2.14. The SMILES string of the molecule is CCNCC1CCN(C(=O)c2c[nH]cc2-c2ccc(F)cc2)CC1. The summed E-state index contributed by atoms with van der Waals surface area (Å²) in [4.78, 5) is 17.8. The maximum absolute atomic E-state index is 13.1. The molecule has 1 saturated heterocycles. The molecule has 5 heteroatoms. The van der Waals surface area contributed by atoms with Gasteiger partial charge < -0.3 is 15.2 Å². The molecule has 0 atom stereocenters. The fourth-order valence-electron chi connectivity index (χ4n) is 3.27. The van der Waals surface area contributed by atoms with Gasteiger partial charge in [-0.1, -0.05) is 19.1 Å². The van der Waals surface area contributed by atoms with Crippen LogP contribution in [0.3, 0.4) is 0 Å². The van der Waals surface area contributed by atoms with Gasteiger partial charge in [0, 0.05) is 31.0 Å². The minimum Gasteiger partial charge on any atom is -0.366 e. The second-order valence-electron chi connectivity index (χ2n) is 6.33. The van der Waals surface area contributed by atoms with Gasteiger partial charge in [0.1, 0.15) is 5.82 Å². The minimum atomic E-state index is -0.273. The van der Waals surface area contributed by atoms with E-state index in [0.717, 1.165) is 50.1 Å². The third-order valence-electron chi connectivity index (χ3n) is 4.72. The predicted molar refractivity (Wildman–Crippen MR) is 93.4 cm³/mol. The number of amides is 1. The fraction of sp³-hybridized carbons (Fsp3) is 0.421. The molecule has 1 fully saturated rings. The molecule has 3 rings (SSSR count). The van der Waals surface area contributed by atoms with Gasteiger partial charge in [-0.15, -0.1) is 0 Å². The summed E-state index contributed by atoms with van der Waals surface area (Å²) in [6, 6.07) is 6.25. The van der Waals surface area contributed by atoms with Crippen LogP contribution in [0.25, 0.3) is 11.1 Å². The van der Waals surface area contributed by atoms with Crippen LogP contribution in [-0.4, -0.2) is 42.0 Å². The highest BCUT2D eigenvalue weighted by molar-refractivity contribution is 6.00. The van der Waals surface area contributed by atoms with E-state index in [2.05, 4.69) is 17.2 Å². The summed E-state index contributed by atoms with van der Waals surface area (Å²) in [5.74, 6) is 0.430. The summed E-state index contributed by atoms with van der Waals surface area (Å²) >= 11 is 0. The summed E-state index contributed by atoms with van der Waals surface area (Å²) in [6.07, 6.45) is 5.62. The number of rotatable bonds is 5. The van der Waals surface area contributed by atoms with Gasteiger partial charge in [-0.2, -0.15) is 0 Å². The number of likely N-dealkylation sites (tertiary alicyclic amines) is 1. The highest BCUT2D eigenvalue weighted by atomic mass is 19.1. The molecular formula is C19H24FN3O. The standard InChI is InChI=1S/C19H24FN3O/c1-2-21-11-14-7-9-23(10-8-14)19(24)18-13-22-12-17(18)15-3-5-16(20)6-4-15/h3-6,12-14,21-22H,2,7-11H2,1H3. The highest BCUT2D eigenvalue weighted by Gasteiger charge is 2.25. The van der Waals surface area contributed by atoms with Gasteiger partial charge in [-0.25, -0.2) is 4.39 Å². The van der Waals surface area contributed by atoms with Gasteiger partial charge in [0.05, 0.1) is 5.56 Å². The molecule has 128 valence electrons. The highest BCUT2D eigenvalue weighted by Crippen LogP contribution is 2.26. The van der Waals surface area contributed by atoms with Crippen molar-refractivity contribution in [1.82, 2.24) is 15.2 Å². The lowest BCUT2D eigenvalue weighted by atomic mass is 9.95. The Morgan fingerprint density at radius 3 is 2.62 bits per heavy atom. The Labute approximate surface area is 142 Å². The number of carbonyl (C=O) groups excluding carboxylic acids is 1. The Morgan fingerprint density at radius 1 is 1.25 bits per heavy atom. The molecule has 0 radical (unpaired) electrons. The lowest BCUT2D eigenvalue weighted by Gasteiger charge is -2.32. The number of halogens is 1. The van der Waals surface area contributed by atoms with Gasteiger partial charge in [0.15, 0.2) is 0 Å². The number of nitrogens with one attached hydrogen (secondary N) is 2. The zero-order valence-corrected chi connectivity index (χ0v) is 14.0. The van der Waals surface area contributed by atoms with Gasteiger partial charge in [-0.05, 0) is 49.5 Å². The summed E-state index contributed by atoms with van der Waals surface area (Å²) in [5.41, 5.74) is 2.34. The van der Waals surface area contributed by atoms with Gasteiger partial charge in [0.2, 0.25) is 0 Å². The molecule has 1 aromatic heterocycles. The summed E-state index contributed by atoms with van der Waals surface area (Å²) in [5, 5.41) is 3.39. The van der Waals surface area contributed by atoms with E-state index < -0.39 is 0 Å². The Morgan fingerprint density at radius 2 is 1.96 bits per heavy atom. The van der Waals surface area contributed by atoms with Crippen molar-refractivity contribution in [3.05, 3.63) is 48.0 Å². The first kappa shape index (κ1) is 16.7. The summed E-state index contributed by atoms with van der Waals surface area (Å²) in [6.45, 7) is 5.72. The normalized spacial score (nSPS) is 15.7. The third-order valence-corrected chi connectivity index (χ3v) is 4.72. The smallest absolute Gasteiger partial charge is 0.256 e. The van der Waals surface area contributed by atoms with Crippen LogP contribution < -0.4 is 5.32 Å². The molecule has 0 unspecified atom stereocenters. The van der Waals surface area contributed by atoms with Crippen molar-refractivity contribution >= 4 is 5.91 Å². The Kier molecular flexibility index (Phi) is 5.30. The van der Waals surface area contributed by atoms with Gasteiger partial charge in [-0.3, -0.25) is 4.79 Å². The van der Waals surface area contributed by atoms with Crippen LogP contribution >= 0.6 is 0 Å². The largest absolute Gasteiger partial charge is 0.366 e. The quantitative estimate of drug-likeness (QED) is 0.884. The minimum absolute atomic E-state index is 0.0532. The fourth-order valence-corrected chi connectivity index (χ4v) is 3.27. The number of carbonyl (C=O) groups is 1. The number of hydrogen-bond acceptors (Lipinski definition) is 2. The average Bonchev–Trinajstić information content (AvgIpc) is 3.10. The van der Waals surface area contributed by atoms with E-state index >= 15 is 0 Å². The number of hydrogen-bond donors (Lipinski definition) is 2. The monoisotopic (exact) mass is 329 g/mol. The number of H-pyrrole nitrogens is 1. The van der Waals surface area contributed by atoms with Crippen LogP contribution in [0.1, 0.15) is 30.1 Å². The Balaban J connectivity index is 1.69. The zero-order valence-electron chi connectivity index (χ0n) is 14.0. The number of benzene rings is 1. The van der Waals surface area contributed by atoms with E-state index in [1.165, 1.54) is 12.1 Å². The van der Waals surface area contributed by atoms with Crippen molar-refractivity contribution < 1.29 is 9.18 Å². The van der Waals surface area contributed by atoms with Crippen LogP contribution in [0.15, 0.2) is 36.7 Å². The molecule has 24 heavy (non-hydrogen) atoms. The van der Waals surface area contributed by atoms with Crippen molar-refractivity contribution in [3.8, 4) is 11.1 Å². The van der Waals surface area contributed by atoms with Crippen LogP contribution in [-0.2, 0) is 0 Å². The number of aromatic nitrogens is 1. The second kappa shape index (κ2) is 7.62. The molecule has 2 aromatic rings. The topological polar surface area (TPSA) is 48.1 Å². The third kappa shape index (κ3) is 3.67. The van der Waals surface area contributed by atoms with Crippen molar-refractivity contribution in [2.75, 3.05) is 26.2 Å². The van der Waals surface area contributed by atoms with E-state index in [1.807, 2.05) is 4.90 Å². The maximum Gasteiger partial charge on any atom is 0.256 e. The van der Waals surface area contributed by atoms with E-state index in [0.29, 0.717) is 11.5 Å². The van der Waals surface area contributed by atoms with Crippen LogP contribution in [0.4, 0.5) is 4.39 Å². The van der Waals surface area contributed by atoms with Crippen molar-refractivity contribution in [2.24, 2.45) is 5.92 Å². The van der Waals surface area contributed by atoms with E-state index in [1.54, 1.807) is 24.5 Å². The molecule has 1 aliphatic rings. The molecule has 0 bridgehead atoms. The first-order chi connectivity index (χ1) is 11.7. The van der Waals surface area contributed by atoms with E-state index in [-0.39, 0.29) is 11.7 Å². The van der Waals surface area contributed by atoms with E-state index in [9.17, 15) is 9.18 Å². The first-order valence-corrected chi connectivity index (χ1v) is 8.61. The summed E-state index contributed by atoms with van der Waals surface area (Å²) < 4.78 is 13.1. The van der Waals surface area contributed by atoms with Crippen LogP contribution in [0.5, 0.6) is 0 Å². The Bertz CT molecular complexity index is 672. The van der Waals surface area contributed by atoms with Crippen molar-refractivity contribution in [2.45, 2.75) is 19.8 Å². The number of piperidine rings is 1. The molecule has 1 amide bonds. The predicted octanol–water partition coefficient (Wildman–Crippen LogP) is 3.28. The molecule has 0 aliphatic carbocycles. The average molecular weight is 329 g/mol. The van der Waals surface area contributed by atoms with E-state index in [4.69, 9.17) is 0 Å². The molecule has 1 aliphatic heterocycles. The molecule has 0 spiro atoms. The van der Waals surface area contributed by atoms with Crippen molar-refractivity contribution in [3.63, 3.8) is 0 Å². The zero-order chi connectivity index (χ0) is 16.9. The van der Waals surface area contributed by atoms with Crippen LogP contribution in [0, 0.1) is 11.7 Å². The molecule has 1 aromatic carbocycles. The molecular weight excluding hydrogens is 305 g/mol. The van der Waals surface area contributed by atoms with Gasteiger partial charge >= 0.3 is 0 Å². The molecule has 2 N–H and O–H groups in total. The van der Waals surface area contributed by atoms with Crippen LogP contribution in [0.2, 0.25) is 0 Å².